The molecule has 0 aliphatic rings. The molecule has 0 saturated carbocycles. The highest BCUT2D eigenvalue weighted by Gasteiger charge is 2.24. The fourth-order valence-electron chi connectivity index (χ4n) is 2.01. The summed E-state index contributed by atoms with van der Waals surface area (Å²) in [6.45, 7) is 8.08. The van der Waals surface area contributed by atoms with Gasteiger partial charge in [0.2, 0.25) is 0 Å². The first-order valence-electron chi connectivity index (χ1n) is 6.11. The van der Waals surface area contributed by atoms with Gasteiger partial charge in [0.15, 0.2) is 0 Å². The van der Waals surface area contributed by atoms with E-state index in [0.29, 0.717) is 5.69 Å². The summed E-state index contributed by atoms with van der Waals surface area (Å²) >= 11 is 0. The number of aromatic nitrogens is 2. The van der Waals surface area contributed by atoms with E-state index in [4.69, 9.17) is 0 Å². The van der Waals surface area contributed by atoms with Gasteiger partial charge in [-0.3, -0.25) is 10.1 Å². The van der Waals surface area contributed by atoms with E-state index in [0.717, 1.165) is 11.4 Å². The molecule has 2 aromatic rings. The van der Waals surface area contributed by atoms with Gasteiger partial charge in [-0.2, -0.15) is 5.10 Å². The van der Waals surface area contributed by atoms with Crippen LogP contribution in [0, 0.1) is 17.0 Å². The van der Waals surface area contributed by atoms with Gasteiger partial charge in [-0.05, 0) is 19.1 Å². The zero-order chi connectivity index (χ0) is 14.2. The number of nitrogens with zero attached hydrogens (tertiary/aromatic N) is 3. The molecule has 0 saturated heterocycles. The summed E-state index contributed by atoms with van der Waals surface area (Å²) in [5, 5.41) is 15.5. The van der Waals surface area contributed by atoms with Crippen molar-refractivity contribution in [1.82, 2.24) is 9.78 Å². The maximum absolute atomic E-state index is 11.1. The molecule has 5 nitrogen and oxygen atoms in total. The van der Waals surface area contributed by atoms with Crippen LogP contribution in [-0.2, 0) is 5.41 Å². The van der Waals surface area contributed by atoms with Gasteiger partial charge in [0, 0.05) is 11.5 Å². The molecule has 1 aromatic heterocycles. The fourth-order valence-corrected chi connectivity index (χ4v) is 2.01. The fraction of sp³-hybridized carbons (Fsp3) is 0.357. The smallest absolute Gasteiger partial charge is 0.258 e. The Morgan fingerprint density at radius 3 is 2.47 bits per heavy atom. The number of hydrogen-bond donors (Lipinski definition) is 0. The lowest BCUT2D eigenvalue weighted by Crippen LogP contribution is -2.18. The molecule has 0 fully saturated rings. The molecule has 2 rings (SSSR count). The number of benzene rings is 1. The second-order valence-corrected chi connectivity index (χ2v) is 5.58. The van der Waals surface area contributed by atoms with Crippen LogP contribution in [0.3, 0.4) is 0 Å². The van der Waals surface area contributed by atoms with Crippen LogP contribution < -0.4 is 0 Å². The van der Waals surface area contributed by atoms with E-state index in [-0.39, 0.29) is 16.0 Å². The third-order valence-electron chi connectivity index (χ3n) is 2.91. The molecule has 1 heterocycles. The summed E-state index contributed by atoms with van der Waals surface area (Å²) in [4.78, 5) is 10.8. The van der Waals surface area contributed by atoms with Gasteiger partial charge in [0.25, 0.3) is 5.69 Å². The van der Waals surface area contributed by atoms with Crippen LogP contribution in [0.1, 0.15) is 32.2 Å². The van der Waals surface area contributed by atoms with Gasteiger partial charge in [0.05, 0.1) is 16.3 Å². The van der Waals surface area contributed by atoms with E-state index in [2.05, 4.69) is 25.9 Å². The average Bonchev–Trinajstić information content (AvgIpc) is 2.71. The van der Waals surface area contributed by atoms with E-state index in [1.54, 1.807) is 22.9 Å². The van der Waals surface area contributed by atoms with Crippen molar-refractivity contribution in [1.29, 1.82) is 0 Å². The summed E-state index contributed by atoms with van der Waals surface area (Å²) < 4.78 is 1.67. The van der Waals surface area contributed by atoms with E-state index in [1.807, 2.05) is 13.0 Å². The second-order valence-electron chi connectivity index (χ2n) is 5.58. The van der Waals surface area contributed by atoms with Crippen molar-refractivity contribution in [3.8, 4) is 5.69 Å². The number of nitro groups is 1. The van der Waals surface area contributed by atoms with Crippen LogP contribution in [0.15, 0.2) is 30.3 Å². The van der Waals surface area contributed by atoms with Gasteiger partial charge < -0.3 is 0 Å². The highest BCUT2D eigenvalue weighted by molar-refractivity contribution is 5.53. The van der Waals surface area contributed by atoms with Crippen LogP contribution in [0.5, 0.6) is 0 Å². The maximum atomic E-state index is 11.1. The zero-order valence-electron chi connectivity index (χ0n) is 11.5. The second kappa shape index (κ2) is 4.50. The summed E-state index contributed by atoms with van der Waals surface area (Å²) in [5.74, 6) is 0. The minimum Gasteiger partial charge on any atom is -0.258 e. The van der Waals surface area contributed by atoms with Crippen molar-refractivity contribution >= 4 is 5.69 Å². The Balaban J connectivity index is 2.70. The predicted molar refractivity (Wildman–Crippen MR) is 73.7 cm³/mol. The van der Waals surface area contributed by atoms with Crippen LogP contribution in [0.2, 0.25) is 0 Å². The number of nitro benzene ring substituents is 1. The monoisotopic (exact) mass is 259 g/mol. The summed E-state index contributed by atoms with van der Waals surface area (Å²) in [6, 6.07) is 8.63. The molecule has 0 spiro atoms. The van der Waals surface area contributed by atoms with Crippen LogP contribution in [0.4, 0.5) is 5.69 Å². The lowest BCUT2D eigenvalue weighted by atomic mass is 9.91. The third kappa shape index (κ3) is 2.50. The highest BCUT2D eigenvalue weighted by Crippen LogP contribution is 2.29. The van der Waals surface area contributed by atoms with Gasteiger partial charge in [-0.25, -0.2) is 4.68 Å². The van der Waals surface area contributed by atoms with E-state index in [9.17, 15) is 10.1 Å². The Hall–Kier alpha value is -2.17. The van der Waals surface area contributed by atoms with E-state index in [1.165, 1.54) is 6.07 Å². The first-order valence-corrected chi connectivity index (χ1v) is 6.11. The summed E-state index contributed by atoms with van der Waals surface area (Å²) in [6.07, 6.45) is 0. The van der Waals surface area contributed by atoms with Gasteiger partial charge in [-0.15, -0.1) is 0 Å². The molecule has 19 heavy (non-hydrogen) atoms. The standard InChI is InChI=1S/C14H17N3O2/c1-10-9-13(14(2,3)4)16(15-10)11-7-5-6-8-12(11)17(18)19/h5-9H,1-4H3. The molecular weight excluding hydrogens is 242 g/mol. The van der Waals surface area contributed by atoms with Crippen LogP contribution in [-0.4, -0.2) is 14.7 Å². The van der Waals surface area contributed by atoms with E-state index < -0.39 is 0 Å². The van der Waals surface area contributed by atoms with E-state index >= 15 is 0 Å². The number of para-hydroxylation sites is 2. The zero-order valence-corrected chi connectivity index (χ0v) is 11.5. The molecule has 0 aliphatic heterocycles. The molecule has 0 N–H and O–H groups in total. The van der Waals surface area contributed by atoms with Crippen LogP contribution in [0.25, 0.3) is 5.69 Å². The lowest BCUT2D eigenvalue weighted by molar-refractivity contribution is -0.384. The molecule has 0 atom stereocenters. The third-order valence-corrected chi connectivity index (χ3v) is 2.91. The minimum absolute atomic E-state index is 0.0658. The molecule has 5 heteroatoms. The lowest BCUT2D eigenvalue weighted by Gasteiger charge is -2.20. The highest BCUT2D eigenvalue weighted by atomic mass is 16.6. The first-order chi connectivity index (χ1) is 8.80. The first kappa shape index (κ1) is 13.3. The molecule has 0 amide bonds. The van der Waals surface area contributed by atoms with Crippen LogP contribution >= 0.6 is 0 Å². The van der Waals surface area contributed by atoms with Crippen molar-refractivity contribution in [2.24, 2.45) is 0 Å². The Kier molecular flexibility index (Phi) is 3.14. The Morgan fingerprint density at radius 2 is 1.89 bits per heavy atom. The largest absolute Gasteiger partial charge is 0.294 e. The Bertz CT molecular complexity index is 624. The molecule has 100 valence electrons. The molecule has 0 bridgehead atoms. The predicted octanol–water partition coefficient (Wildman–Crippen LogP) is 3.39. The molecular formula is C14H17N3O2. The summed E-state index contributed by atoms with van der Waals surface area (Å²) in [5.41, 5.74) is 2.24. The van der Waals surface area contributed by atoms with Gasteiger partial charge in [-0.1, -0.05) is 32.9 Å². The topological polar surface area (TPSA) is 61.0 Å². The molecule has 0 aliphatic carbocycles. The number of rotatable bonds is 2. The number of hydrogen-bond acceptors (Lipinski definition) is 3. The van der Waals surface area contributed by atoms with Gasteiger partial charge >= 0.3 is 0 Å². The van der Waals surface area contributed by atoms with Crippen molar-refractivity contribution in [3.05, 3.63) is 51.8 Å². The Labute approximate surface area is 112 Å². The number of aryl methyl sites for hydroxylation is 1. The maximum Gasteiger partial charge on any atom is 0.294 e. The van der Waals surface area contributed by atoms with Gasteiger partial charge in [0.1, 0.15) is 5.69 Å². The van der Waals surface area contributed by atoms with Crippen molar-refractivity contribution < 1.29 is 4.92 Å². The average molecular weight is 259 g/mol. The molecule has 0 unspecified atom stereocenters. The normalized spacial score (nSPS) is 11.6. The summed E-state index contributed by atoms with van der Waals surface area (Å²) in [7, 11) is 0. The van der Waals surface area contributed by atoms with Crippen molar-refractivity contribution in [2.75, 3.05) is 0 Å². The Morgan fingerprint density at radius 1 is 1.26 bits per heavy atom. The van der Waals surface area contributed by atoms with Crippen molar-refractivity contribution in [2.45, 2.75) is 33.1 Å². The minimum atomic E-state index is -0.376. The molecule has 1 aromatic carbocycles. The quantitative estimate of drug-likeness (QED) is 0.613. The SMILES string of the molecule is Cc1cc(C(C)(C)C)n(-c2ccccc2[N+](=O)[O-])n1. The molecule has 0 radical (unpaired) electrons. The van der Waals surface area contributed by atoms with Crippen molar-refractivity contribution in [3.63, 3.8) is 0 Å².